The van der Waals surface area contributed by atoms with Gasteiger partial charge >= 0.3 is 12.0 Å². The Balaban J connectivity index is 3.75. The summed E-state index contributed by atoms with van der Waals surface area (Å²) in [7, 11) is -1.53. The van der Waals surface area contributed by atoms with E-state index in [1.165, 1.54) is 11.9 Å². The zero-order valence-electron chi connectivity index (χ0n) is 9.97. The molecule has 0 bridgehead atoms. The summed E-state index contributed by atoms with van der Waals surface area (Å²) in [6.45, 7) is 0.372. The molecule has 0 aromatic heterocycles. The minimum Gasteiger partial charge on any atom is -0.481 e. The van der Waals surface area contributed by atoms with Crippen molar-refractivity contribution in [2.24, 2.45) is 0 Å². The number of rotatable bonds is 7. The summed E-state index contributed by atoms with van der Waals surface area (Å²) < 4.78 is 21.6. The van der Waals surface area contributed by atoms with Crippen LogP contribution in [0.15, 0.2) is 0 Å². The van der Waals surface area contributed by atoms with Gasteiger partial charge in [-0.15, -0.1) is 0 Å². The monoisotopic (exact) mass is 266 g/mol. The summed E-state index contributed by atoms with van der Waals surface area (Å²) in [4.78, 5) is 22.9. The van der Waals surface area contributed by atoms with Gasteiger partial charge in [0.2, 0.25) is 0 Å². The summed E-state index contributed by atoms with van der Waals surface area (Å²) in [5.41, 5.74) is 0. The molecular formula is C9H18N2O5S. The van der Waals surface area contributed by atoms with E-state index in [-0.39, 0.29) is 25.3 Å². The predicted molar refractivity (Wildman–Crippen MR) is 62.6 cm³/mol. The van der Waals surface area contributed by atoms with Crippen LogP contribution in [0.2, 0.25) is 0 Å². The molecule has 17 heavy (non-hydrogen) atoms. The fourth-order valence-electron chi connectivity index (χ4n) is 1.03. The molecule has 7 nitrogen and oxygen atoms in total. The number of nitrogens with zero attached hydrogens (tertiary/aromatic N) is 1. The summed E-state index contributed by atoms with van der Waals surface area (Å²) >= 11 is 0. The highest BCUT2D eigenvalue weighted by Gasteiger charge is 2.09. The Morgan fingerprint density at radius 2 is 1.94 bits per heavy atom. The van der Waals surface area contributed by atoms with E-state index < -0.39 is 21.8 Å². The third-order valence-electron chi connectivity index (χ3n) is 1.98. The summed E-state index contributed by atoms with van der Waals surface area (Å²) in [6.07, 6.45) is 1.36. The standard InChI is InChI=1S/C9H18N2O5S/c1-11(6-4-8(12)13)9(14)10-5-3-7-17(2,15)16/h3-7H2,1-2H3,(H,10,14)(H,12,13). The molecule has 2 amide bonds. The van der Waals surface area contributed by atoms with Crippen LogP contribution in [0.5, 0.6) is 0 Å². The number of urea groups is 1. The first-order valence-corrected chi connectivity index (χ1v) is 7.17. The number of hydrogen-bond acceptors (Lipinski definition) is 4. The normalized spacial score (nSPS) is 10.9. The lowest BCUT2D eigenvalue weighted by atomic mass is 10.4. The number of carbonyl (C=O) groups excluding carboxylic acids is 1. The summed E-state index contributed by atoms with van der Waals surface area (Å²) in [5, 5.41) is 10.9. The number of carboxylic acid groups (broad SMARTS) is 1. The van der Waals surface area contributed by atoms with Gasteiger partial charge in [-0.3, -0.25) is 4.79 Å². The molecule has 0 unspecified atom stereocenters. The van der Waals surface area contributed by atoms with Crippen LogP contribution in [0.1, 0.15) is 12.8 Å². The van der Waals surface area contributed by atoms with Crippen LogP contribution in [0, 0.1) is 0 Å². The van der Waals surface area contributed by atoms with Crippen LogP contribution in [0.3, 0.4) is 0 Å². The second-order valence-electron chi connectivity index (χ2n) is 3.78. The van der Waals surface area contributed by atoms with Gasteiger partial charge in [-0.1, -0.05) is 0 Å². The van der Waals surface area contributed by atoms with Crippen molar-refractivity contribution in [2.45, 2.75) is 12.8 Å². The smallest absolute Gasteiger partial charge is 0.317 e. The van der Waals surface area contributed by atoms with Gasteiger partial charge in [-0.25, -0.2) is 13.2 Å². The van der Waals surface area contributed by atoms with Crippen molar-refractivity contribution >= 4 is 21.8 Å². The number of aliphatic carboxylic acids is 1. The van der Waals surface area contributed by atoms with Crippen LogP contribution >= 0.6 is 0 Å². The van der Waals surface area contributed by atoms with Crippen molar-refractivity contribution in [3.05, 3.63) is 0 Å². The maximum Gasteiger partial charge on any atom is 0.317 e. The molecule has 0 aromatic rings. The van der Waals surface area contributed by atoms with E-state index in [0.717, 1.165) is 6.26 Å². The van der Waals surface area contributed by atoms with E-state index in [9.17, 15) is 18.0 Å². The van der Waals surface area contributed by atoms with E-state index in [1.807, 2.05) is 0 Å². The molecule has 0 saturated heterocycles. The topological polar surface area (TPSA) is 104 Å². The Kier molecular flexibility index (Phi) is 6.55. The molecule has 2 N–H and O–H groups in total. The van der Waals surface area contributed by atoms with Crippen molar-refractivity contribution in [2.75, 3.05) is 32.1 Å². The van der Waals surface area contributed by atoms with Crippen LogP contribution in [0.4, 0.5) is 4.79 Å². The van der Waals surface area contributed by atoms with Gasteiger partial charge in [-0.2, -0.15) is 0 Å². The molecule has 0 radical (unpaired) electrons. The van der Waals surface area contributed by atoms with Gasteiger partial charge in [0.05, 0.1) is 12.2 Å². The van der Waals surface area contributed by atoms with Crippen molar-refractivity contribution in [3.63, 3.8) is 0 Å². The molecule has 8 heteroatoms. The highest BCUT2D eigenvalue weighted by atomic mass is 32.2. The molecule has 0 fully saturated rings. The van der Waals surface area contributed by atoms with E-state index >= 15 is 0 Å². The van der Waals surface area contributed by atoms with Crippen molar-refractivity contribution < 1.29 is 23.1 Å². The quantitative estimate of drug-likeness (QED) is 0.607. The first kappa shape index (κ1) is 15.7. The van der Waals surface area contributed by atoms with Crippen LogP contribution in [-0.4, -0.2) is 62.6 Å². The second kappa shape index (κ2) is 7.10. The third kappa shape index (κ3) is 9.61. The maximum absolute atomic E-state index is 11.4. The number of carboxylic acids is 1. The van der Waals surface area contributed by atoms with Crippen LogP contribution < -0.4 is 5.32 Å². The minimum atomic E-state index is -3.01. The first-order chi connectivity index (χ1) is 7.72. The fraction of sp³-hybridized carbons (Fsp3) is 0.778. The third-order valence-corrected chi connectivity index (χ3v) is 3.01. The molecular weight excluding hydrogens is 248 g/mol. The lowest BCUT2D eigenvalue weighted by molar-refractivity contribution is -0.137. The lowest BCUT2D eigenvalue weighted by Gasteiger charge is -2.16. The summed E-state index contributed by atoms with van der Waals surface area (Å²) in [5.74, 6) is -0.951. The molecule has 100 valence electrons. The summed E-state index contributed by atoms with van der Waals surface area (Å²) in [6, 6.07) is -0.403. The van der Waals surface area contributed by atoms with E-state index in [2.05, 4.69) is 5.32 Å². The fourth-order valence-corrected chi connectivity index (χ4v) is 1.70. The average Bonchev–Trinajstić information content (AvgIpc) is 2.19. The molecule has 0 aliphatic heterocycles. The Hall–Kier alpha value is -1.31. The van der Waals surface area contributed by atoms with Crippen LogP contribution in [-0.2, 0) is 14.6 Å². The molecule has 0 saturated carbocycles. The Labute approximate surface area is 101 Å². The predicted octanol–water partition coefficient (Wildman–Crippen LogP) is -0.463. The molecule has 0 aliphatic carbocycles. The maximum atomic E-state index is 11.4. The largest absolute Gasteiger partial charge is 0.481 e. The van der Waals surface area contributed by atoms with E-state index in [1.54, 1.807) is 0 Å². The van der Waals surface area contributed by atoms with Crippen molar-refractivity contribution in [1.82, 2.24) is 10.2 Å². The minimum absolute atomic E-state index is 0.0200. The number of nitrogens with one attached hydrogen (secondary N) is 1. The number of sulfone groups is 1. The molecule has 0 spiro atoms. The molecule has 0 aliphatic rings. The van der Waals surface area contributed by atoms with Crippen molar-refractivity contribution in [1.29, 1.82) is 0 Å². The van der Waals surface area contributed by atoms with Gasteiger partial charge < -0.3 is 15.3 Å². The number of amides is 2. The zero-order chi connectivity index (χ0) is 13.5. The molecule has 0 rings (SSSR count). The highest BCUT2D eigenvalue weighted by molar-refractivity contribution is 7.90. The van der Waals surface area contributed by atoms with Gasteiger partial charge in [-0.05, 0) is 6.42 Å². The Morgan fingerprint density at radius 3 is 2.41 bits per heavy atom. The van der Waals surface area contributed by atoms with Gasteiger partial charge in [0.15, 0.2) is 0 Å². The van der Waals surface area contributed by atoms with Gasteiger partial charge in [0.25, 0.3) is 0 Å². The van der Waals surface area contributed by atoms with Gasteiger partial charge in [0, 0.05) is 26.4 Å². The highest BCUT2D eigenvalue weighted by Crippen LogP contribution is 1.91. The Bertz CT molecular complexity index is 366. The lowest BCUT2D eigenvalue weighted by Crippen LogP contribution is -2.39. The van der Waals surface area contributed by atoms with E-state index in [0.29, 0.717) is 6.42 Å². The van der Waals surface area contributed by atoms with Crippen molar-refractivity contribution in [3.8, 4) is 0 Å². The van der Waals surface area contributed by atoms with Crippen LogP contribution in [0.25, 0.3) is 0 Å². The van der Waals surface area contributed by atoms with Gasteiger partial charge in [0.1, 0.15) is 9.84 Å². The molecule has 0 atom stereocenters. The average molecular weight is 266 g/mol. The first-order valence-electron chi connectivity index (χ1n) is 5.11. The van der Waals surface area contributed by atoms with E-state index in [4.69, 9.17) is 5.11 Å². The number of carbonyl (C=O) groups is 2. The molecule has 0 heterocycles. The Morgan fingerprint density at radius 1 is 1.35 bits per heavy atom. The SMILES string of the molecule is CN(CCC(=O)O)C(=O)NCCCS(C)(=O)=O. The number of hydrogen-bond donors (Lipinski definition) is 2. The second-order valence-corrected chi connectivity index (χ2v) is 6.04. The molecule has 0 aromatic carbocycles. The zero-order valence-corrected chi connectivity index (χ0v) is 10.8.